The van der Waals surface area contributed by atoms with Gasteiger partial charge in [-0.2, -0.15) is 11.8 Å². The minimum atomic E-state index is -1.87. The van der Waals surface area contributed by atoms with E-state index in [1.807, 2.05) is 13.8 Å². The zero-order chi connectivity index (χ0) is 26.4. The second kappa shape index (κ2) is 12.4. The average Bonchev–Trinajstić information content (AvgIpc) is 2.81. The fraction of sp³-hybridized carbons (Fsp3) is 0.800. The molecule has 1 aliphatic rings. The number of hydrogen-bond donors (Lipinski definition) is 3. The number of aliphatic hydroxyl groups excluding tert-OH is 1. The summed E-state index contributed by atoms with van der Waals surface area (Å²) in [4.78, 5) is 26.5. The average molecular weight is 500 g/mol. The van der Waals surface area contributed by atoms with Gasteiger partial charge in [0.1, 0.15) is 23.2 Å². The topological polar surface area (TPSA) is 126 Å². The van der Waals surface area contributed by atoms with Crippen molar-refractivity contribution < 1.29 is 34.5 Å². The minimum absolute atomic E-state index is 0.198. The molecule has 9 atom stereocenters. The SMILES string of the molecule is C#C[C@@]1(OC)C[C@@H](C)/C(=N\O)[C@H](C)[C@@H](O)[C@](C)(O)[C@@H](CC)OC(=O)[C@H](C)C(=O)[C@H](SCC)[C@H]1C. The van der Waals surface area contributed by atoms with Gasteiger partial charge in [-0.1, -0.05) is 45.7 Å². The molecule has 1 heterocycles. The summed E-state index contributed by atoms with van der Waals surface area (Å²) in [5.74, 6) is -0.658. The molecule has 1 saturated heterocycles. The Morgan fingerprint density at radius 1 is 1.26 bits per heavy atom. The Hall–Kier alpha value is -1.60. The number of esters is 1. The number of Topliss-reactive ketones (excluding diaryl/α,β-unsaturated/α-hetero) is 1. The third kappa shape index (κ3) is 5.96. The first-order valence-electron chi connectivity index (χ1n) is 11.8. The van der Waals surface area contributed by atoms with Crippen molar-refractivity contribution in [3.05, 3.63) is 0 Å². The molecule has 9 heteroatoms. The summed E-state index contributed by atoms with van der Waals surface area (Å²) < 4.78 is 11.4. The molecular formula is C25H41NO7S. The quantitative estimate of drug-likeness (QED) is 0.177. The van der Waals surface area contributed by atoms with E-state index in [1.54, 1.807) is 20.8 Å². The van der Waals surface area contributed by atoms with Crippen LogP contribution in [0.2, 0.25) is 0 Å². The van der Waals surface area contributed by atoms with E-state index in [2.05, 4.69) is 11.1 Å². The van der Waals surface area contributed by atoms with Gasteiger partial charge in [0.2, 0.25) is 0 Å². The number of ketones is 1. The van der Waals surface area contributed by atoms with Crippen molar-refractivity contribution in [2.24, 2.45) is 28.8 Å². The Bertz CT molecular complexity index is 793. The van der Waals surface area contributed by atoms with Crippen LogP contribution in [-0.2, 0) is 19.1 Å². The number of aliphatic hydroxyl groups is 2. The predicted octanol–water partition coefficient (Wildman–Crippen LogP) is 2.91. The number of thioether (sulfide) groups is 1. The maximum absolute atomic E-state index is 13.5. The predicted molar refractivity (Wildman–Crippen MR) is 133 cm³/mol. The van der Waals surface area contributed by atoms with E-state index in [9.17, 15) is 25.0 Å². The highest BCUT2D eigenvalue weighted by Crippen LogP contribution is 2.39. The first kappa shape index (κ1) is 30.4. The second-order valence-electron chi connectivity index (χ2n) is 9.45. The van der Waals surface area contributed by atoms with Gasteiger partial charge in [-0.05, 0) is 32.4 Å². The van der Waals surface area contributed by atoms with E-state index in [-0.39, 0.29) is 24.3 Å². The number of ether oxygens (including phenoxy) is 2. The van der Waals surface area contributed by atoms with Gasteiger partial charge in [0, 0.05) is 24.9 Å². The Morgan fingerprint density at radius 2 is 1.85 bits per heavy atom. The lowest BCUT2D eigenvalue weighted by Gasteiger charge is -2.42. The lowest BCUT2D eigenvalue weighted by Crippen LogP contribution is -2.56. The van der Waals surface area contributed by atoms with Crippen LogP contribution in [0.5, 0.6) is 0 Å². The fourth-order valence-corrected chi connectivity index (χ4v) is 6.11. The summed E-state index contributed by atoms with van der Waals surface area (Å²) in [7, 11) is 1.47. The lowest BCUT2D eigenvalue weighted by atomic mass is 9.73. The Labute approximate surface area is 207 Å². The molecule has 1 aliphatic heterocycles. The zero-order valence-corrected chi connectivity index (χ0v) is 22.4. The van der Waals surface area contributed by atoms with E-state index in [1.165, 1.54) is 32.7 Å². The number of cyclic esters (lactones) is 1. The molecule has 3 N–H and O–H groups in total. The third-order valence-electron chi connectivity index (χ3n) is 7.26. The first-order chi connectivity index (χ1) is 15.8. The smallest absolute Gasteiger partial charge is 0.316 e. The number of rotatable bonds is 4. The number of carbonyl (C=O) groups is 2. The molecule has 194 valence electrons. The molecule has 0 aromatic rings. The summed E-state index contributed by atoms with van der Waals surface area (Å²) >= 11 is 1.38. The van der Waals surface area contributed by atoms with Gasteiger partial charge in [-0.3, -0.25) is 9.59 Å². The summed E-state index contributed by atoms with van der Waals surface area (Å²) in [5, 5.41) is 34.9. The summed E-state index contributed by atoms with van der Waals surface area (Å²) in [6.45, 7) is 11.7. The molecule has 0 aliphatic carbocycles. The number of nitrogens with zero attached hydrogens (tertiary/aromatic N) is 1. The van der Waals surface area contributed by atoms with E-state index < -0.39 is 58.3 Å². The molecule has 34 heavy (non-hydrogen) atoms. The van der Waals surface area contributed by atoms with Crippen LogP contribution in [-0.4, -0.2) is 74.4 Å². The Kier molecular flexibility index (Phi) is 11.1. The van der Waals surface area contributed by atoms with Gasteiger partial charge in [-0.15, -0.1) is 6.42 Å². The molecule has 0 spiro atoms. The molecule has 0 unspecified atom stereocenters. The van der Waals surface area contributed by atoms with E-state index in [0.29, 0.717) is 5.75 Å². The molecular weight excluding hydrogens is 458 g/mol. The monoisotopic (exact) mass is 499 g/mol. The van der Waals surface area contributed by atoms with Gasteiger partial charge < -0.3 is 24.9 Å². The van der Waals surface area contributed by atoms with E-state index >= 15 is 0 Å². The Balaban J connectivity index is 3.74. The summed E-state index contributed by atoms with van der Waals surface area (Å²) in [6, 6.07) is 0. The van der Waals surface area contributed by atoms with Gasteiger partial charge in [0.15, 0.2) is 5.78 Å². The number of carbonyl (C=O) groups excluding carboxylic acids is 2. The van der Waals surface area contributed by atoms with Crippen LogP contribution in [0.4, 0.5) is 0 Å². The van der Waals surface area contributed by atoms with E-state index in [0.717, 1.165) is 0 Å². The van der Waals surface area contributed by atoms with Crippen LogP contribution in [0.3, 0.4) is 0 Å². The molecule has 1 rings (SSSR count). The van der Waals surface area contributed by atoms with Crippen molar-refractivity contribution in [1.29, 1.82) is 0 Å². The maximum Gasteiger partial charge on any atom is 0.316 e. The number of methoxy groups -OCH3 is 1. The molecule has 0 bridgehead atoms. The van der Waals surface area contributed by atoms with Crippen molar-refractivity contribution in [1.82, 2.24) is 0 Å². The highest BCUT2D eigenvalue weighted by molar-refractivity contribution is 8.00. The highest BCUT2D eigenvalue weighted by atomic mass is 32.2. The highest BCUT2D eigenvalue weighted by Gasteiger charge is 2.49. The number of hydrogen-bond acceptors (Lipinski definition) is 9. The van der Waals surface area contributed by atoms with Gasteiger partial charge in [-0.25, -0.2) is 0 Å². The van der Waals surface area contributed by atoms with Crippen LogP contribution in [0.15, 0.2) is 5.16 Å². The number of terminal acetylenes is 1. The Morgan fingerprint density at radius 3 is 2.29 bits per heavy atom. The molecule has 0 aromatic carbocycles. The molecule has 1 fully saturated rings. The molecule has 0 aromatic heterocycles. The van der Waals surface area contributed by atoms with Crippen LogP contribution < -0.4 is 0 Å². The normalized spacial score (nSPS) is 42.0. The first-order valence-corrected chi connectivity index (χ1v) is 12.8. The summed E-state index contributed by atoms with van der Waals surface area (Å²) in [5.41, 5.74) is -2.87. The van der Waals surface area contributed by atoms with Crippen LogP contribution in [0.25, 0.3) is 0 Å². The van der Waals surface area contributed by atoms with Gasteiger partial charge >= 0.3 is 5.97 Å². The van der Waals surface area contributed by atoms with Gasteiger partial charge in [0.25, 0.3) is 0 Å². The van der Waals surface area contributed by atoms with Crippen molar-refractivity contribution in [3.8, 4) is 12.3 Å². The van der Waals surface area contributed by atoms with Crippen molar-refractivity contribution in [3.63, 3.8) is 0 Å². The zero-order valence-electron chi connectivity index (χ0n) is 21.6. The lowest BCUT2D eigenvalue weighted by molar-refractivity contribution is -0.186. The second-order valence-corrected chi connectivity index (χ2v) is 10.9. The maximum atomic E-state index is 13.5. The molecule has 0 saturated carbocycles. The van der Waals surface area contributed by atoms with Crippen molar-refractivity contribution in [2.75, 3.05) is 12.9 Å². The van der Waals surface area contributed by atoms with E-state index in [4.69, 9.17) is 15.9 Å². The van der Waals surface area contributed by atoms with Crippen LogP contribution in [0.1, 0.15) is 61.3 Å². The van der Waals surface area contributed by atoms with Crippen LogP contribution in [0, 0.1) is 36.0 Å². The third-order valence-corrected chi connectivity index (χ3v) is 8.59. The number of oxime groups is 1. The van der Waals surface area contributed by atoms with Crippen molar-refractivity contribution >= 4 is 29.2 Å². The van der Waals surface area contributed by atoms with Crippen LogP contribution >= 0.6 is 11.8 Å². The molecule has 8 nitrogen and oxygen atoms in total. The molecule has 0 amide bonds. The fourth-order valence-electron chi connectivity index (χ4n) is 4.88. The standard InChI is InChI=1S/C25H41NO7S/c1-10-18-24(8,30)22(28)15(5)19(26-31)14(4)13-25(11-2,32-9)17(7)21(34-12-3)20(27)16(6)23(29)33-18/h2,14-18,21-22,28,30-31H,10,12-13H2,1,3-9H3/b26-19+/t14-,15+,16-,17-,18-,21-,22-,24-,25-/m1/s1. The largest absolute Gasteiger partial charge is 0.459 e. The summed E-state index contributed by atoms with van der Waals surface area (Å²) in [6.07, 6.45) is 3.84. The molecule has 0 radical (unpaired) electrons. The minimum Gasteiger partial charge on any atom is -0.459 e. The van der Waals surface area contributed by atoms with Gasteiger partial charge in [0.05, 0.1) is 17.1 Å². The van der Waals surface area contributed by atoms with Crippen molar-refractivity contribution in [2.45, 2.75) is 90.0 Å².